The lowest BCUT2D eigenvalue weighted by molar-refractivity contribution is 0.147. The van der Waals surface area contributed by atoms with E-state index in [2.05, 4.69) is 21.9 Å². The van der Waals surface area contributed by atoms with Crippen LogP contribution in [0.3, 0.4) is 0 Å². The number of hydrogen-bond acceptors (Lipinski definition) is 4. The van der Waals surface area contributed by atoms with Crippen LogP contribution in [-0.4, -0.2) is 52.8 Å². The third-order valence-corrected chi connectivity index (χ3v) is 6.49. The summed E-state index contributed by atoms with van der Waals surface area (Å²) in [6, 6.07) is 14.6. The number of rotatable bonds is 7. The molecule has 5 nitrogen and oxygen atoms in total. The molecule has 0 spiro atoms. The summed E-state index contributed by atoms with van der Waals surface area (Å²) in [7, 11) is 2.12. The van der Waals surface area contributed by atoms with Crippen molar-refractivity contribution >= 4 is 11.6 Å². The maximum Gasteiger partial charge on any atom is 0.271 e. The Morgan fingerprint density at radius 2 is 1.76 bits per heavy atom. The summed E-state index contributed by atoms with van der Waals surface area (Å²) in [6.45, 7) is 6.70. The van der Waals surface area contributed by atoms with Crippen molar-refractivity contribution in [3.63, 3.8) is 0 Å². The van der Waals surface area contributed by atoms with Crippen LogP contribution in [0.25, 0.3) is 11.3 Å². The molecule has 0 saturated carbocycles. The summed E-state index contributed by atoms with van der Waals surface area (Å²) in [6.07, 6.45) is 1.62. The Bertz CT molecular complexity index is 1150. The van der Waals surface area contributed by atoms with Gasteiger partial charge in [-0.1, -0.05) is 23.7 Å². The zero-order chi connectivity index (χ0) is 23.4. The van der Waals surface area contributed by atoms with Gasteiger partial charge in [-0.25, -0.2) is 9.07 Å². The maximum absolute atomic E-state index is 13.8. The van der Waals surface area contributed by atoms with Crippen LogP contribution in [0.5, 0.6) is 0 Å². The van der Waals surface area contributed by atoms with Crippen molar-refractivity contribution in [3.8, 4) is 11.3 Å². The monoisotopic (exact) mass is 468 g/mol. The average molecular weight is 469 g/mol. The summed E-state index contributed by atoms with van der Waals surface area (Å²) in [5, 5.41) is 5.37. The van der Waals surface area contributed by atoms with Gasteiger partial charge in [0.2, 0.25) is 0 Å². The highest BCUT2D eigenvalue weighted by molar-refractivity contribution is 6.30. The van der Waals surface area contributed by atoms with Gasteiger partial charge in [-0.3, -0.25) is 9.69 Å². The molecule has 1 saturated heterocycles. The van der Waals surface area contributed by atoms with E-state index in [1.807, 2.05) is 30.3 Å². The summed E-state index contributed by atoms with van der Waals surface area (Å²) in [5.74, 6) is -0.243. The summed E-state index contributed by atoms with van der Waals surface area (Å²) in [5.41, 5.74) is 3.95. The molecule has 1 aliphatic rings. The smallest absolute Gasteiger partial charge is 0.271 e. The number of likely N-dealkylation sites (N-methyl/N-ethyl adjacent to an activating group) is 1. The second kappa shape index (κ2) is 10.6. The van der Waals surface area contributed by atoms with E-state index in [1.54, 1.807) is 23.7 Å². The van der Waals surface area contributed by atoms with Crippen LogP contribution in [0.4, 0.5) is 4.39 Å². The van der Waals surface area contributed by atoms with E-state index in [1.165, 1.54) is 11.6 Å². The van der Waals surface area contributed by atoms with Crippen LogP contribution in [0.2, 0.25) is 5.02 Å². The lowest BCUT2D eigenvalue weighted by atomic mass is 10.1. The first-order chi connectivity index (χ1) is 15.9. The van der Waals surface area contributed by atoms with E-state index in [0.29, 0.717) is 29.4 Å². The van der Waals surface area contributed by atoms with Gasteiger partial charge in [0.1, 0.15) is 5.82 Å². The van der Waals surface area contributed by atoms with E-state index in [0.717, 1.165) is 50.1 Å². The first kappa shape index (κ1) is 23.6. The highest BCUT2D eigenvalue weighted by atomic mass is 35.5. The average Bonchev–Trinajstić information content (AvgIpc) is 2.80. The molecule has 4 rings (SSSR count). The van der Waals surface area contributed by atoms with Gasteiger partial charge in [0.05, 0.1) is 5.69 Å². The summed E-state index contributed by atoms with van der Waals surface area (Å²) >= 11 is 5.98. The molecule has 3 aromatic rings. The fourth-order valence-electron chi connectivity index (χ4n) is 4.14. The zero-order valence-corrected chi connectivity index (χ0v) is 20.0. The molecule has 1 fully saturated rings. The molecule has 33 heavy (non-hydrogen) atoms. The van der Waals surface area contributed by atoms with Crippen molar-refractivity contribution in [1.29, 1.82) is 0 Å². The Kier molecular flexibility index (Phi) is 7.58. The van der Waals surface area contributed by atoms with Crippen LogP contribution in [0, 0.1) is 12.7 Å². The minimum atomic E-state index is -0.243. The Labute approximate surface area is 199 Å². The van der Waals surface area contributed by atoms with Crippen LogP contribution in [0.15, 0.2) is 53.3 Å². The topological polar surface area (TPSA) is 41.4 Å². The molecule has 0 atom stereocenters. The third-order valence-electron chi connectivity index (χ3n) is 6.24. The minimum absolute atomic E-state index is 0.0485. The molecule has 0 bridgehead atoms. The maximum atomic E-state index is 13.8. The second-order valence-electron chi connectivity index (χ2n) is 8.86. The third kappa shape index (κ3) is 6.08. The van der Waals surface area contributed by atoms with Crippen LogP contribution in [0.1, 0.15) is 23.1 Å². The van der Waals surface area contributed by atoms with E-state index in [-0.39, 0.29) is 11.4 Å². The van der Waals surface area contributed by atoms with Crippen molar-refractivity contribution in [1.82, 2.24) is 19.6 Å². The summed E-state index contributed by atoms with van der Waals surface area (Å²) in [4.78, 5) is 17.9. The lowest BCUT2D eigenvalue weighted by Crippen LogP contribution is -2.45. The van der Waals surface area contributed by atoms with E-state index in [4.69, 9.17) is 11.6 Å². The molecule has 0 amide bonds. The number of benzene rings is 2. The molecule has 2 heterocycles. The van der Waals surface area contributed by atoms with Gasteiger partial charge >= 0.3 is 0 Å². The lowest BCUT2D eigenvalue weighted by Gasteiger charge is -2.32. The van der Waals surface area contributed by atoms with Crippen molar-refractivity contribution < 1.29 is 4.39 Å². The molecular formula is C26H30ClFN4O. The second-order valence-corrected chi connectivity index (χ2v) is 9.29. The predicted molar refractivity (Wildman–Crippen MR) is 131 cm³/mol. The van der Waals surface area contributed by atoms with Gasteiger partial charge < -0.3 is 4.90 Å². The van der Waals surface area contributed by atoms with E-state index >= 15 is 0 Å². The van der Waals surface area contributed by atoms with Crippen LogP contribution < -0.4 is 5.56 Å². The molecule has 0 radical (unpaired) electrons. The number of nitrogens with zero attached hydrogens (tertiary/aromatic N) is 4. The largest absolute Gasteiger partial charge is 0.304 e. The summed E-state index contributed by atoms with van der Waals surface area (Å²) < 4.78 is 15.4. The van der Waals surface area contributed by atoms with Crippen molar-refractivity contribution in [2.24, 2.45) is 0 Å². The Morgan fingerprint density at radius 1 is 1.03 bits per heavy atom. The molecule has 1 aliphatic heterocycles. The first-order valence-corrected chi connectivity index (χ1v) is 11.8. The number of aromatic nitrogens is 2. The van der Waals surface area contributed by atoms with Crippen molar-refractivity contribution in [2.75, 3.05) is 33.2 Å². The van der Waals surface area contributed by atoms with Gasteiger partial charge in [0.25, 0.3) is 5.56 Å². The van der Waals surface area contributed by atoms with Gasteiger partial charge in [-0.2, -0.15) is 5.10 Å². The molecule has 1 aromatic heterocycles. The molecule has 174 valence electrons. The standard InChI is InChI=1S/C26H30ClFN4O/c1-19-16-21(7-10-24(19)28)25-17-22(18-31-14-12-30(2)13-15-31)26(33)32(29-25)11-3-4-20-5-8-23(27)9-6-20/h5-10,16-17H,3-4,11-15,18H2,1-2H3. The quantitative estimate of drug-likeness (QED) is 0.515. The fraction of sp³-hybridized carbons (Fsp3) is 0.385. The van der Waals surface area contributed by atoms with Crippen molar-refractivity contribution in [2.45, 2.75) is 32.9 Å². The highest BCUT2D eigenvalue weighted by Gasteiger charge is 2.18. The van der Waals surface area contributed by atoms with E-state index in [9.17, 15) is 9.18 Å². The molecule has 0 aliphatic carbocycles. The minimum Gasteiger partial charge on any atom is -0.304 e. The normalized spacial score (nSPS) is 15.2. The fourth-order valence-corrected chi connectivity index (χ4v) is 4.26. The SMILES string of the molecule is Cc1cc(-c2cc(CN3CCN(C)CC3)c(=O)n(CCCc3ccc(Cl)cc3)n2)ccc1F. The number of piperazine rings is 1. The Hall–Kier alpha value is -2.54. The zero-order valence-electron chi connectivity index (χ0n) is 19.2. The first-order valence-electron chi connectivity index (χ1n) is 11.4. The molecular weight excluding hydrogens is 439 g/mol. The van der Waals surface area contributed by atoms with Gasteiger partial charge in [-0.05, 0) is 74.3 Å². The highest BCUT2D eigenvalue weighted by Crippen LogP contribution is 2.21. The molecule has 2 aromatic carbocycles. The number of aryl methyl sites for hydroxylation is 3. The number of hydrogen-bond donors (Lipinski definition) is 0. The molecule has 0 N–H and O–H groups in total. The van der Waals surface area contributed by atoms with Crippen molar-refractivity contribution in [3.05, 3.63) is 86.4 Å². The van der Waals surface area contributed by atoms with Gasteiger partial charge in [0.15, 0.2) is 0 Å². The predicted octanol–water partition coefficient (Wildman–Crippen LogP) is 4.39. The molecule has 7 heteroatoms. The van der Waals surface area contributed by atoms with Crippen LogP contribution in [-0.2, 0) is 19.5 Å². The Balaban J connectivity index is 1.59. The van der Waals surface area contributed by atoms with Gasteiger partial charge in [-0.15, -0.1) is 0 Å². The number of halogens is 2. The van der Waals surface area contributed by atoms with Gasteiger partial charge in [0, 0.05) is 55.4 Å². The van der Waals surface area contributed by atoms with Crippen LogP contribution >= 0.6 is 11.6 Å². The van der Waals surface area contributed by atoms with E-state index < -0.39 is 0 Å². The molecule has 0 unspecified atom stereocenters. The Morgan fingerprint density at radius 3 is 2.45 bits per heavy atom.